The number of aliphatic hydroxyl groups is 1. The van der Waals surface area contributed by atoms with Crippen LogP contribution in [0.4, 0.5) is 0 Å². The first-order valence-corrected chi connectivity index (χ1v) is 6.29. The second kappa shape index (κ2) is 5.03. The molecule has 0 bridgehead atoms. The normalized spacial score (nSPS) is 34.5. The average molecular weight is 229 g/mol. The van der Waals surface area contributed by atoms with Gasteiger partial charge in [0, 0.05) is 31.2 Å². The van der Waals surface area contributed by atoms with Gasteiger partial charge in [-0.2, -0.15) is 0 Å². The Bertz CT molecular complexity index is 230. The van der Waals surface area contributed by atoms with Crippen LogP contribution in [0.25, 0.3) is 0 Å². The summed E-state index contributed by atoms with van der Waals surface area (Å²) >= 11 is 0. The van der Waals surface area contributed by atoms with Gasteiger partial charge in [0.05, 0.1) is 5.60 Å². The molecule has 2 N–H and O–H groups in total. The molecule has 1 saturated carbocycles. The number of hydrogen-bond donors (Lipinski definition) is 2. The second-order valence-electron chi connectivity index (χ2n) is 5.85. The van der Waals surface area contributed by atoms with Gasteiger partial charge in [0.2, 0.25) is 0 Å². The maximum Gasteiger partial charge on any atom is 0.0731 e. The lowest BCUT2D eigenvalue weighted by molar-refractivity contribution is -0.182. The Morgan fingerprint density at radius 1 is 1.44 bits per heavy atom. The van der Waals surface area contributed by atoms with E-state index in [0.717, 1.165) is 19.3 Å². The van der Waals surface area contributed by atoms with E-state index in [0.29, 0.717) is 12.1 Å². The molecule has 0 heterocycles. The molecular weight excluding hydrogens is 202 g/mol. The first kappa shape index (κ1) is 13.9. The van der Waals surface area contributed by atoms with Crippen molar-refractivity contribution in [3.05, 3.63) is 0 Å². The Kier molecular flexibility index (Phi) is 4.38. The van der Waals surface area contributed by atoms with Crippen molar-refractivity contribution in [3.8, 4) is 0 Å². The molecule has 1 aliphatic carbocycles. The van der Waals surface area contributed by atoms with Crippen LogP contribution >= 0.6 is 0 Å². The molecule has 0 aromatic heterocycles. The minimum absolute atomic E-state index is 0.00135. The summed E-state index contributed by atoms with van der Waals surface area (Å²) in [5.74, 6) is 0. The summed E-state index contributed by atoms with van der Waals surface area (Å²) in [5, 5.41) is 12.4. The van der Waals surface area contributed by atoms with Crippen molar-refractivity contribution in [2.24, 2.45) is 5.41 Å². The topological polar surface area (TPSA) is 41.5 Å². The van der Waals surface area contributed by atoms with Gasteiger partial charge in [-0.1, -0.05) is 13.8 Å². The van der Waals surface area contributed by atoms with Crippen LogP contribution in [0.5, 0.6) is 0 Å². The first-order valence-electron chi connectivity index (χ1n) is 6.29. The highest BCUT2D eigenvalue weighted by molar-refractivity contribution is 5.11. The highest BCUT2D eigenvalue weighted by Crippen LogP contribution is 2.51. The second-order valence-corrected chi connectivity index (χ2v) is 5.85. The van der Waals surface area contributed by atoms with Crippen molar-refractivity contribution in [1.82, 2.24) is 5.32 Å². The van der Waals surface area contributed by atoms with E-state index in [9.17, 15) is 0 Å². The summed E-state index contributed by atoms with van der Waals surface area (Å²) in [6.45, 7) is 9.18. The number of ether oxygens (including phenoxy) is 1. The van der Waals surface area contributed by atoms with Gasteiger partial charge < -0.3 is 15.2 Å². The maximum atomic E-state index is 8.80. The smallest absolute Gasteiger partial charge is 0.0731 e. The molecule has 16 heavy (non-hydrogen) atoms. The Labute approximate surface area is 99.6 Å². The van der Waals surface area contributed by atoms with Gasteiger partial charge in [-0.15, -0.1) is 0 Å². The minimum atomic E-state index is 0.00135. The number of nitrogens with one attached hydrogen (secondary N) is 1. The van der Waals surface area contributed by atoms with Crippen molar-refractivity contribution in [1.29, 1.82) is 0 Å². The van der Waals surface area contributed by atoms with Gasteiger partial charge in [0.25, 0.3) is 0 Å². The molecule has 0 spiro atoms. The molecule has 0 aromatic carbocycles. The molecule has 3 heteroatoms. The van der Waals surface area contributed by atoms with Crippen LogP contribution in [0, 0.1) is 5.41 Å². The molecule has 0 aliphatic heterocycles. The van der Waals surface area contributed by atoms with Gasteiger partial charge in [0.15, 0.2) is 0 Å². The predicted octanol–water partition coefficient (Wildman–Crippen LogP) is 1.94. The summed E-state index contributed by atoms with van der Waals surface area (Å²) in [6, 6.07) is 0.990. The van der Waals surface area contributed by atoms with E-state index in [1.54, 1.807) is 7.11 Å². The van der Waals surface area contributed by atoms with E-state index >= 15 is 0 Å². The van der Waals surface area contributed by atoms with Crippen LogP contribution in [0.15, 0.2) is 0 Å². The Morgan fingerprint density at radius 2 is 2.06 bits per heavy atom. The fraction of sp³-hybridized carbons (Fsp3) is 1.00. The molecule has 1 fully saturated rings. The highest BCUT2D eigenvalue weighted by atomic mass is 16.5. The molecule has 0 saturated heterocycles. The lowest BCUT2D eigenvalue weighted by atomic mass is 9.55. The number of aliphatic hydroxyl groups excluding tert-OH is 1. The van der Waals surface area contributed by atoms with Crippen LogP contribution in [-0.2, 0) is 4.74 Å². The zero-order valence-electron chi connectivity index (χ0n) is 11.3. The van der Waals surface area contributed by atoms with Gasteiger partial charge in [-0.05, 0) is 33.1 Å². The van der Waals surface area contributed by atoms with E-state index in [2.05, 4.69) is 33.0 Å². The monoisotopic (exact) mass is 229 g/mol. The Morgan fingerprint density at radius 3 is 2.50 bits per heavy atom. The molecule has 1 rings (SSSR count). The molecule has 96 valence electrons. The molecule has 1 aliphatic rings. The van der Waals surface area contributed by atoms with E-state index in [4.69, 9.17) is 9.84 Å². The van der Waals surface area contributed by atoms with Crippen molar-refractivity contribution in [2.45, 2.75) is 64.6 Å². The average Bonchev–Trinajstić information content (AvgIpc) is 2.25. The van der Waals surface area contributed by atoms with E-state index in [1.807, 2.05) is 0 Å². The highest BCUT2D eigenvalue weighted by Gasteiger charge is 2.57. The van der Waals surface area contributed by atoms with Crippen LogP contribution in [0.2, 0.25) is 0 Å². The Balaban J connectivity index is 2.42. The van der Waals surface area contributed by atoms with Crippen LogP contribution in [0.1, 0.15) is 47.0 Å². The van der Waals surface area contributed by atoms with Crippen LogP contribution in [0.3, 0.4) is 0 Å². The third-order valence-electron chi connectivity index (χ3n) is 4.56. The third-order valence-corrected chi connectivity index (χ3v) is 4.56. The molecule has 0 amide bonds. The van der Waals surface area contributed by atoms with Crippen molar-refractivity contribution < 1.29 is 9.84 Å². The lowest BCUT2D eigenvalue weighted by Gasteiger charge is -2.60. The van der Waals surface area contributed by atoms with Gasteiger partial charge in [-0.3, -0.25) is 0 Å². The fourth-order valence-corrected chi connectivity index (χ4v) is 2.58. The molecule has 3 atom stereocenters. The van der Waals surface area contributed by atoms with E-state index < -0.39 is 0 Å². The zero-order valence-corrected chi connectivity index (χ0v) is 11.3. The lowest BCUT2D eigenvalue weighted by Crippen LogP contribution is -2.68. The van der Waals surface area contributed by atoms with Crippen LogP contribution in [-0.4, -0.2) is 36.5 Å². The molecule has 3 nitrogen and oxygen atoms in total. The van der Waals surface area contributed by atoms with Gasteiger partial charge in [-0.25, -0.2) is 0 Å². The quantitative estimate of drug-likeness (QED) is 0.731. The van der Waals surface area contributed by atoms with Crippen molar-refractivity contribution in [2.75, 3.05) is 13.7 Å². The SMILES string of the molecule is COC1(C)CC(NC(C)CCCO)C1(C)C. The van der Waals surface area contributed by atoms with Gasteiger partial charge >= 0.3 is 0 Å². The third kappa shape index (κ3) is 2.41. The number of hydrogen-bond acceptors (Lipinski definition) is 3. The van der Waals surface area contributed by atoms with Crippen molar-refractivity contribution >= 4 is 0 Å². The summed E-state index contributed by atoms with van der Waals surface area (Å²) in [6.07, 6.45) is 2.98. The number of methoxy groups -OCH3 is 1. The van der Waals surface area contributed by atoms with E-state index in [1.165, 1.54) is 0 Å². The number of rotatable bonds is 6. The minimum Gasteiger partial charge on any atom is -0.396 e. The van der Waals surface area contributed by atoms with Crippen LogP contribution < -0.4 is 5.32 Å². The first-order chi connectivity index (χ1) is 7.37. The van der Waals surface area contributed by atoms with Gasteiger partial charge in [0.1, 0.15) is 0 Å². The Hall–Kier alpha value is -0.120. The predicted molar refractivity (Wildman–Crippen MR) is 66.5 cm³/mol. The van der Waals surface area contributed by atoms with Crippen molar-refractivity contribution in [3.63, 3.8) is 0 Å². The summed E-state index contributed by atoms with van der Waals surface area (Å²) in [5.41, 5.74) is 0.177. The summed E-state index contributed by atoms with van der Waals surface area (Å²) in [7, 11) is 1.80. The summed E-state index contributed by atoms with van der Waals surface area (Å²) < 4.78 is 5.60. The molecule has 0 aromatic rings. The molecule has 0 radical (unpaired) electrons. The maximum absolute atomic E-state index is 8.80. The standard InChI is InChI=1S/C13H27NO2/c1-10(7-6-8-15)14-11-9-13(4,16-5)12(11,2)3/h10-11,14-15H,6-9H2,1-5H3. The summed E-state index contributed by atoms with van der Waals surface area (Å²) in [4.78, 5) is 0. The van der Waals surface area contributed by atoms with E-state index in [-0.39, 0.29) is 17.6 Å². The fourth-order valence-electron chi connectivity index (χ4n) is 2.58. The molecule has 3 unspecified atom stereocenters. The largest absolute Gasteiger partial charge is 0.396 e. The zero-order chi connectivity index (χ0) is 12.4. The molecular formula is C13H27NO2.